The summed E-state index contributed by atoms with van der Waals surface area (Å²) in [6.07, 6.45) is -7.60. The fraction of sp³-hybridized carbons (Fsp3) is 0.350. The lowest BCUT2D eigenvalue weighted by Crippen LogP contribution is -2.58. The smallest absolute Gasteiger partial charge is 0.338 e. The van der Waals surface area contributed by atoms with Crippen LogP contribution in [0, 0.1) is 6.92 Å². The molecule has 1 heterocycles. The Bertz CT molecular complexity index is 809. The molecule has 0 aliphatic carbocycles. The van der Waals surface area contributed by atoms with Crippen molar-refractivity contribution in [1.82, 2.24) is 0 Å². The highest BCUT2D eigenvalue weighted by molar-refractivity contribution is 5.91. The van der Waals surface area contributed by atoms with Gasteiger partial charge >= 0.3 is 5.97 Å². The van der Waals surface area contributed by atoms with Crippen LogP contribution in [0.5, 0.6) is 11.5 Å². The molecule has 0 saturated carbocycles. The van der Waals surface area contributed by atoms with Gasteiger partial charge in [0.2, 0.25) is 0 Å². The first kappa shape index (κ1) is 20.2. The molecule has 150 valence electrons. The van der Waals surface area contributed by atoms with Crippen LogP contribution < -0.4 is 4.74 Å². The lowest BCUT2D eigenvalue weighted by molar-refractivity contribution is -0.286. The molecule has 8 heteroatoms. The van der Waals surface area contributed by atoms with Gasteiger partial charge in [-0.3, -0.25) is 0 Å². The van der Waals surface area contributed by atoms with Gasteiger partial charge in [-0.1, -0.05) is 18.2 Å². The maximum atomic E-state index is 12.3. The second kappa shape index (κ2) is 8.68. The van der Waals surface area contributed by atoms with Crippen molar-refractivity contribution in [3.63, 3.8) is 0 Å². The van der Waals surface area contributed by atoms with E-state index in [4.69, 9.17) is 14.2 Å². The molecular weight excluding hydrogens is 368 g/mol. The summed E-state index contributed by atoms with van der Waals surface area (Å²) in [5.74, 6) is 0.571. The number of carbonyl (C=O) groups excluding carboxylic acids is 1. The van der Waals surface area contributed by atoms with E-state index in [1.54, 1.807) is 25.1 Å². The van der Waals surface area contributed by atoms with Crippen LogP contribution >= 0.6 is 0 Å². The number of aryl methyl sites for hydroxylation is 1. The second-order valence-electron chi connectivity index (χ2n) is 6.53. The summed E-state index contributed by atoms with van der Waals surface area (Å²) in [6, 6.07) is 14.1. The Morgan fingerprint density at radius 1 is 0.964 bits per heavy atom. The van der Waals surface area contributed by atoms with E-state index in [0.29, 0.717) is 22.6 Å². The van der Waals surface area contributed by atoms with Gasteiger partial charge < -0.3 is 34.6 Å². The minimum Gasteiger partial charge on any atom is -0.459 e. The van der Waals surface area contributed by atoms with Crippen molar-refractivity contribution in [2.45, 2.75) is 37.6 Å². The van der Waals surface area contributed by atoms with Crippen LogP contribution in [-0.2, 0) is 9.47 Å². The van der Waals surface area contributed by atoms with E-state index >= 15 is 0 Å². The topological polar surface area (TPSA) is 126 Å². The maximum absolute atomic E-state index is 12.3. The molecule has 0 aromatic heterocycles. The first-order chi connectivity index (χ1) is 13.4. The van der Waals surface area contributed by atoms with Gasteiger partial charge in [-0.2, -0.15) is 0 Å². The average molecular weight is 390 g/mol. The van der Waals surface area contributed by atoms with E-state index in [0.717, 1.165) is 0 Å². The summed E-state index contributed by atoms with van der Waals surface area (Å²) in [5.41, 5.74) is 0.922. The number of para-hydroxylation sites is 1. The zero-order valence-corrected chi connectivity index (χ0v) is 15.1. The minimum atomic E-state index is -1.68. The lowest BCUT2D eigenvalue weighted by Gasteiger charge is -2.37. The van der Waals surface area contributed by atoms with Crippen LogP contribution in [0.15, 0.2) is 48.5 Å². The number of rotatable bonds is 5. The predicted molar refractivity (Wildman–Crippen MR) is 96.9 cm³/mol. The molecule has 1 fully saturated rings. The largest absolute Gasteiger partial charge is 0.459 e. The summed E-state index contributed by atoms with van der Waals surface area (Å²) in [5, 5.41) is 38.5. The Balaban J connectivity index is 1.61. The monoisotopic (exact) mass is 390 g/mol. The highest BCUT2D eigenvalue weighted by Gasteiger charge is 2.43. The van der Waals surface area contributed by atoms with Gasteiger partial charge in [0, 0.05) is 0 Å². The van der Waals surface area contributed by atoms with Gasteiger partial charge in [0.25, 0.3) is 0 Å². The third kappa shape index (κ3) is 4.49. The fourth-order valence-electron chi connectivity index (χ4n) is 2.86. The van der Waals surface area contributed by atoms with Crippen molar-refractivity contribution < 1.29 is 39.4 Å². The Labute approximate surface area is 161 Å². The van der Waals surface area contributed by atoms with Gasteiger partial charge in [-0.05, 0) is 42.8 Å². The van der Waals surface area contributed by atoms with Gasteiger partial charge in [0.05, 0.1) is 5.56 Å². The van der Waals surface area contributed by atoms with Crippen molar-refractivity contribution in [2.75, 3.05) is 6.61 Å². The molecule has 0 bridgehead atoms. The Morgan fingerprint density at radius 3 is 2.36 bits per heavy atom. The number of benzene rings is 2. The number of esters is 1. The summed E-state index contributed by atoms with van der Waals surface area (Å²) >= 11 is 0. The van der Waals surface area contributed by atoms with E-state index in [1.165, 1.54) is 0 Å². The Hall–Kier alpha value is -2.49. The highest BCUT2D eigenvalue weighted by Crippen LogP contribution is 2.25. The Kier molecular flexibility index (Phi) is 6.28. The van der Waals surface area contributed by atoms with Crippen LogP contribution in [0.2, 0.25) is 0 Å². The normalized spacial score (nSPS) is 27.2. The zero-order chi connectivity index (χ0) is 20.3. The molecule has 1 aliphatic heterocycles. The Morgan fingerprint density at radius 2 is 1.68 bits per heavy atom. The van der Waals surface area contributed by atoms with E-state index < -0.39 is 43.3 Å². The summed E-state index contributed by atoms with van der Waals surface area (Å²) < 4.78 is 15.8. The average Bonchev–Trinajstić information content (AvgIpc) is 2.69. The number of hydrogen-bond acceptors (Lipinski definition) is 8. The van der Waals surface area contributed by atoms with E-state index in [9.17, 15) is 25.2 Å². The molecule has 8 nitrogen and oxygen atoms in total. The van der Waals surface area contributed by atoms with E-state index in [-0.39, 0.29) is 0 Å². The quantitative estimate of drug-likeness (QED) is 0.551. The molecule has 1 aliphatic rings. The lowest BCUT2D eigenvalue weighted by atomic mass is 9.99. The van der Waals surface area contributed by atoms with E-state index in [1.807, 2.05) is 30.3 Å². The molecule has 2 aromatic carbocycles. The number of ether oxygens (including phenoxy) is 3. The number of carbonyl (C=O) groups is 1. The number of aliphatic hydroxyl groups excluding tert-OH is 4. The minimum absolute atomic E-state index is 0.298. The van der Waals surface area contributed by atoms with Crippen molar-refractivity contribution in [2.24, 2.45) is 0 Å². The first-order valence-corrected chi connectivity index (χ1v) is 8.75. The summed E-state index contributed by atoms with van der Waals surface area (Å²) in [6.45, 7) is 1.33. The summed E-state index contributed by atoms with van der Waals surface area (Å²) in [7, 11) is 0. The SMILES string of the molecule is Cc1cc(Oc2ccccc2)ccc1C(=O)OC[C@H]1OC(O)[C@H](O)[C@@H](O)[C@@H]1O. The number of hydrogen-bond donors (Lipinski definition) is 4. The summed E-state index contributed by atoms with van der Waals surface area (Å²) in [4.78, 5) is 12.3. The first-order valence-electron chi connectivity index (χ1n) is 8.75. The van der Waals surface area contributed by atoms with Crippen molar-refractivity contribution in [1.29, 1.82) is 0 Å². The molecule has 0 radical (unpaired) electrons. The molecule has 5 atom stereocenters. The van der Waals surface area contributed by atoms with Crippen LogP contribution in [0.4, 0.5) is 0 Å². The van der Waals surface area contributed by atoms with Crippen LogP contribution in [0.25, 0.3) is 0 Å². The maximum Gasteiger partial charge on any atom is 0.338 e. The van der Waals surface area contributed by atoms with Crippen molar-refractivity contribution >= 4 is 5.97 Å². The van der Waals surface area contributed by atoms with Crippen LogP contribution in [-0.4, -0.2) is 63.7 Å². The van der Waals surface area contributed by atoms with Crippen LogP contribution in [0.1, 0.15) is 15.9 Å². The van der Waals surface area contributed by atoms with Crippen LogP contribution in [0.3, 0.4) is 0 Å². The molecular formula is C20H22O8. The van der Waals surface area contributed by atoms with E-state index in [2.05, 4.69) is 0 Å². The molecule has 0 spiro atoms. The number of aliphatic hydroxyl groups is 4. The molecule has 2 aromatic rings. The van der Waals surface area contributed by atoms with Gasteiger partial charge in [-0.25, -0.2) is 4.79 Å². The van der Waals surface area contributed by atoms with Crippen molar-refractivity contribution in [3.05, 3.63) is 59.7 Å². The highest BCUT2D eigenvalue weighted by atomic mass is 16.6. The third-order valence-corrected chi connectivity index (χ3v) is 4.46. The van der Waals surface area contributed by atoms with Crippen molar-refractivity contribution in [3.8, 4) is 11.5 Å². The van der Waals surface area contributed by atoms with Gasteiger partial charge in [0.15, 0.2) is 6.29 Å². The molecule has 1 saturated heterocycles. The predicted octanol–water partition coefficient (Wildman–Crippen LogP) is 0.744. The van der Waals surface area contributed by atoms with Gasteiger partial charge in [0.1, 0.15) is 42.5 Å². The molecule has 3 rings (SSSR count). The second-order valence-corrected chi connectivity index (χ2v) is 6.53. The standard InChI is InChI=1S/C20H22O8/c1-11-9-13(27-12-5-3-2-4-6-12)7-8-14(11)19(24)26-10-15-16(21)17(22)18(23)20(25)28-15/h2-9,15-18,20-23,25H,10H2,1H3/t15-,16-,17+,18-,20?/m1/s1. The zero-order valence-electron chi connectivity index (χ0n) is 15.1. The molecule has 1 unspecified atom stereocenters. The van der Waals surface area contributed by atoms with Gasteiger partial charge in [-0.15, -0.1) is 0 Å². The molecule has 0 amide bonds. The third-order valence-electron chi connectivity index (χ3n) is 4.46. The molecule has 28 heavy (non-hydrogen) atoms. The fourth-order valence-corrected chi connectivity index (χ4v) is 2.86. The molecule has 4 N–H and O–H groups in total.